The fourth-order valence-electron chi connectivity index (χ4n) is 7.11. The van der Waals surface area contributed by atoms with Gasteiger partial charge in [0.2, 0.25) is 0 Å². The second-order valence-electron chi connectivity index (χ2n) is 17.1. The van der Waals surface area contributed by atoms with Crippen molar-refractivity contribution in [2.24, 2.45) is 0 Å². The minimum atomic E-state index is -0.801. The van der Waals surface area contributed by atoms with Gasteiger partial charge in [-0.15, -0.1) is 0 Å². The van der Waals surface area contributed by atoms with E-state index in [1.165, 1.54) is 109 Å². The smallest absolute Gasteiger partial charge is 0.306 e. The summed E-state index contributed by atoms with van der Waals surface area (Å²) in [5, 5.41) is 0. The molecule has 0 aliphatic carbocycles. The highest BCUT2D eigenvalue weighted by atomic mass is 16.6. The number of hydrogen-bond donors (Lipinski definition) is 0. The van der Waals surface area contributed by atoms with Crippen LogP contribution in [0.3, 0.4) is 0 Å². The number of unbranched alkanes of at least 4 members (excludes halogenated alkanes) is 25. The van der Waals surface area contributed by atoms with E-state index in [0.29, 0.717) is 19.3 Å². The molecule has 0 N–H and O–H groups in total. The summed E-state index contributed by atoms with van der Waals surface area (Å²) in [5.41, 5.74) is 0. The third-order valence-corrected chi connectivity index (χ3v) is 11.0. The second kappa shape index (κ2) is 50.5. The molecule has 62 heavy (non-hydrogen) atoms. The van der Waals surface area contributed by atoms with E-state index in [9.17, 15) is 14.4 Å². The highest BCUT2D eigenvalue weighted by molar-refractivity contribution is 5.71. The zero-order valence-electron chi connectivity index (χ0n) is 40.6. The second-order valence-corrected chi connectivity index (χ2v) is 17.1. The van der Waals surface area contributed by atoms with Gasteiger partial charge in [-0.3, -0.25) is 14.4 Å². The van der Waals surface area contributed by atoms with Crippen molar-refractivity contribution in [1.29, 1.82) is 0 Å². The van der Waals surface area contributed by atoms with Gasteiger partial charge in [-0.05, 0) is 70.6 Å². The molecule has 6 heteroatoms. The molecule has 0 bridgehead atoms. The van der Waals surface area contributed by atoms with E-state index < -0.39 is 6.10 Å². The third kappa shape index (κ3) is 47.9. The van der Waals surface area contributed by atoms with Gasteiger partial charge < -0.3 is 14.2 Å². The quantitative estimate of drug-likeness (QED) is 0.0199. The normalized spacial score (nSPS) is 12.6. The Labute approximate surface area is 382 Å². The Morgan fingerprint density at radius 1 is 0.355 bits per heavy atom. The molecule has 0 saturated heterocycles. The first kappa shape index (κ1) is 58.9. The Morgan fingerprint density at radius 2 is 0.710 bits per heavy atom. The van der Waals surface area contributed by atoms with Crippen molar-refractivity contribution in [1.82, 2.24) is 0 Å². The van der Waals surface area contributed by atoms with Gasteiger partial charge in [0, 0.05) is 19.3 Å². The van der Waals surface area contributed by atoms with Gasteiger partial charge in [-0.1, -0.05) is 229 Å². The van der Waals surface area contributed by atoms with Crippen molar-refractivity contribution >= 4 is 17.9 Å². The summed E-state index contributed by atoms with van der Waals surface area (Å²) in [7, 11) is 0. The number of rotatable bonds is 46. The molecule has 0 aliphatic rings. The van der Waals surface area contributed by atoms with Crippen LogP contribution in [0.5, 0.6) is 0 Å². The average molecular weight is 865 g/mol. The van der Waals surface area contributed by atoms with Crippen molar-refractivity contribution < 1.29 is 28.6 Å². The van der Waals surface area contributed by atoms with E-state index in [0.717, 1.165) is 89.9 Å². The maximum Gasteiger partial charge on any atom is 0.306 e. The van der Waals surface area contributed by atoms with Crippen LogP contribution >= 0.6 is 0 Å². The molecule has 1 unspecified atom stereocenters. The van der Waals surface area contributed by atoms with E-state index in [1.807, 2.05) is 0 Å². The lowest BCUT2D eigenvalue weighted by atomic mass is 10.0. The van der Waals surface area contributed by atoms with Crippen LogP contribution in [0.1, 0.15) is 245 Å². The van der Waals surface area contributed by atoms with Crippen LogP contribution in [0.25, 0.3) is 0 Å². The van der Waals surface area contributed by atoms with Gasteiger partial charge in [0.05, 0.1) is 0 Å². The zero-order valence-corrected chi connectivity index (χ0v) is 40.6. The summed E-state index contributed by atoms with van der Waals surface area (Å²) in [6.45, 7) is 6.44. The molecule has 0 aromatic heterocycles. The standard InChI is InChI=1S/C56H96O6/c1-4-7-10-13-16-19-22-24-26-27-28-30-31-34-37-40-43-46-49-55(58)61-52-53(51-60-54(57)48-45-42-39-36-33-21-18-15-12-9-6-3)62-56(59)50-47-44-41-38-35-32-29-25-23-20-17-14-11-8-5-2/h9,12,18,21-22,24,26-28,30,36,39,53H,4-8,10-11,13-17,19-20,23,25,29,31-35,37-38,40-52H2,1-3H3/b12-9-,21-18-,24-22-,27-26-,30-28-,39-36-. The molecule has 0 fully saturated rings. The largest absolute Gasteiger partial charge is 0.462 e. The predicted molar refractivity (Wildman–Crippen MR) is 265 cm³/mol. The van der Waals surface area contributed by atoms with Crippen LogP contribution < -0.4 is 0 Å². The fraction of sp³-hybridized carbons (Fsp3) is 0.732. The SMILES string of the molecule is CC/C=C\C/C=C\C/C=C\CCCC(=O)OCC(COC(=O)CCCCCCC\C=C/C=C\C=C/CCCCCCC)OC(=O)CCCCCCCCCCCCCCCCC. The maximum atomic E-state index is 12.8. The molecule has 0 rings (SSSR count). The van der Waals surface area contributed by atoms with Crippen LogP contribution in [0.2, 0.25) is 0 Å². The summed E-state index contributed by atoms with van der Waals surface area (Å²) in [5.74, 6) is -0.971. The summed E-state index contributed by atoms with van der Waals surface area (Å²) in [6, 6.07) is 0. The average Bonchev–Trinajstić information content (AvgIpc) is 3.27. The number of carbonyl (C=O) groups is 3. The molecule has 356 valence electrons. The molecule has 0 aromatic carbocycles. The molecule has 0 aliphatic heterocycles. The van der Waals surface area contributed by atoms with Crippen molar-refractivity contribution in [3.05, 3.63) is 72.9 Å². The molecule has 0 spiro atoms. The van der Waals surface area contributed by atoms with E-state index in [-0.39, 0.29) is 37.5 Å². The summed E-state index contributed by atoms with van der Waals surface area (Å²) in [4.78, 5) is 37.9. The molecule has 6 nitrogen and oxygen atoms in total. The Morgan fingerprint density at radius 3 is 1.16 bits per heavy atom. The lowest BCUT2D eigenvalue weighted by Crippen LogP contribution is -2.30. The van der Waals surface area contributed by atoms with Crippen LogP contribution in [-0.2, 0) is 28.6 Å². The van der Waals surface area contributed by atoms with Crippen molar-refractivity contribution in [2.75, 3.05) is 13.2 Å². The first-order valence-electron chi connectivity index (χ1n) is 26.0. The number of carbonyl (C=O) groups excluding carboxylic acids is 3. The van der Waals surface area contributed by atoms with Crippen LogP contribution in [0, 0.1) is 0 Å². The first-order chi connectivity index (χ1) is 30.5. The van der Waals surface area contributed by atoms with Crippen LogP contribution in [0.4, 0.5) is 0 Å². The first-order valence-corrected chi connectivity index (χ1v) is 26.0. The van der Waals surface area contributed by atoms with Gasteiger partial charge in [0.15, 0.2) is 6.10 Å². The summed E-state index contributed by atoms with van der Waals surface area (Å²) < 4.78 is 16.7. The highest BCUT2D eigenvalue weighted by Gasteiger charge is 2.19. The molecular weight excluding hydrogens is 769 g/mol. The van der Waals surface area contributed by atoms with Crippen molar-refractivity contribution in [3.63, 3.8) is 0 Å². The maximum absolute atomic E-state index is 12.8. The molecule has 1 atom stereocenters. The van der Waals surface area contributed by atoms with Crippen LogP contribution in [0.15, 0.2) is 72.9 Å². The monoisotopic (exact) mass is 865 g/mol. The number of esters is 3. The van der Waals surface area contributed by atoms with Crippen molar-refractivity contribution in [3.8, 4) is 0 Å². The minimum absolute atomic E-state index is 0.100. The van der Waals surface area contributed by atoms with Gasteiger partial charge in [0.1, 0.15) is 13.2 Å². The van der Waals surface area contributed by atoms with Gasteiger partial charge in [0.25, 0.3) is 0 Å². The highest BCUT2D eigenvalue weighted by Crippen LogP contribution is 2.15. The van der Waals surface area contributed by atoms with Gasteiger partial charge >= 0.3 is 17.9 Å². The number of ether oxygens (including phenoxy) is 3. The van der Waals surface area contributed by atoms with Crippen LogP contribution in [-0.4, -0.2) is 37.2 Å². The topological polar surface area (TPSA) is 78.9 Å². The van der Waals surface area contributed by atoms with Gasteiger partial charge in [-0.2, -0.15) is 0 Å². The molecule has 0 saturated carbocycles. The molecule has 0 aromatic rings. The lowest BCUT2D eigenvalue weighted by Gasteiger charge is -2.18. The molecule has 0 amide bonds. The van der Waals surface area contributed by atoms with Crippen molar-refractivity contribution in [2.45, 2.75) is 252 Å². The molecule has 0 radical (unpaired) electrons. The predicted octanol–water partition coefficient (Wildman–Crippen LogP) is 17.0. The van der Waals surface area contributed by atoms with Gasteiger partial charge in [-0.25, -0.2) is 0 Å². The minimum Gasteiger partial charge on any atom is -0.462 e. The molecule has 0 heterocycles. The summed E-state index contributed by atoms with van der Waals surface area (Å²) in [6.07, 6.45) is 63.2. The zero-order chi connectivity index (χ0) is 45.1. The lowest BCUT2D eigenvalue weighted by molar-refractivity contribution is -0.167. The van der Waals surface area contributed by atoms with E-state index in [2.05, 4.69) is 93.7 Å². The summed E-state index contributed by atoms with van der Waals surface area (Å²) >= 11 is 0. The Hall–Kier alpha value is -3.15. The Kier molecular flexibility index (Phi) is 47.9. The number of hydrogen-bond acceptors (Lipinski definition) is 6. The van der Waals surface area contributed by atoms with E-state index >= 15 is 0 Å². The van der Waals surface area contributed by atoms with E-state index in [4.69, 9.17) is 14.2 Å². The third-order valence-electron chi connectivity index (χ3n) is 11.0. The number of allylic oxidation sites excluding steroid dienone is 12. The van der Waals surface area contributed by atoms with E-state index in [1.54, 1.807) is 0 Å². The Balaban J connectivity index is 4.43. The Bertz CT molecular complexity index is 1180. The fourth-order valence-corrected chi connectivity index (χ4v) is 7.11. The molecular formula is C56H96O6.